The van der Waals surface area contributed by atoms with Gasteiger partial charge in [0.25, 0.3) is 5.91 Å². The fraction of sp³-hybridized carbons (Fsp3) is 0.733. The number of rotatable bonds is 6. The molecule has 0 radical (unpaired) electrons. The van der Waals surface area contributed by atoms with Crippen molar-refractivity contribution in [1.29, 1.82) is 0 Å². The quantitative estimate of drug-likeness (QED) is 0.871. The summed E-state index contributed by atoms with van der Waals surface area (Å²) in [5.74, 6) is -0.736. The molecule has 0 unspecified atom stereocenters. The maximum atomic E-state index is 13.3. The largest absolute Gasteiger partial charge is 0.433 e. The summed E-state index contributed by atoms with van der Waals surface area (Å²) < 4.78 is 40.6. The monoisotopic (exact) mass is 332 g/mol. The summed E-state index contributed by atoms with van der Waals surface area (Å²) in [5, 5.41) is 6.32. The van der Waals surface area contributed by atoms with E-state index in [2.05, 4.69) is 15.3 Å². The molecule has 0 spiro atoms. The zero-order chi connectivity index (χ0) is 17.4. The van der Waals surface area contributed by atoms with Gasteiger partial charge in [-0.25, -0.2) is 0 Å². The van der Waals surface area contributed by atoms with Crippen LogP contribution in [0.4, 0.5) is 13.2 Å². The van der Waals surface area contributed by atoms with Crippen molar-refractivity contribution in [1.82, 2.24) is 20.0 Å². The SMILES string of the molecule is CC(C)n1ncc(C(=O)NC[C@@H](C)N(C)C2CC2)c1C(F)(F)F. The minimum atomic E-state index is -4.62. The lowest BCUT2D eigenvalue weighted by molar-refractivity contribution is -0.145. The third-order valence-corrected chi connectivity index (χ3v) is 4.17. The van der Waals surface area contributed by atoms with Crippen LogP contribution < -0.4 is 5.32 Å². The Kier molecular flexibility index (Phi) is 5.03. The molecule has 2 rings (SSSR count). The van der Waals surface area contributed by atoms with Gasteiger partial charge in [0.1, 0.15) is 0 Å². The molecule has 0 aliphatic heterocycles. The summed E-state index contributed by atoms with van der Waals surface area (Å²) in [5.41, 5.74) is -1.42. The number of carbonyl (C=O) groups is 1. The molecule has 0 saturated heterocycles. The number of alkyl halides is 3. The van der Waals surface area contributed by atoms with Gasteiger partial charge in [0.2, 0.25) is 0 Å². The van der Waals surface area contributed by atoms with Gasteiger partial charge in [-0.15, -0.1) is 0 Å². The molecule has 1 aliphatic carbocycles. The standard InChI is InChI=1S/C15H23F3N4O/c1-9(2)22-13(15(16,17)18)12(8-20-22)14(23)19-7-10(3)21(4)11-5-6-11/h8-11H,5-7H2,1-4H3,(H,19,23)/t10-/m1/s1. The average Bonchev–Trinajstić information content (AvgIpc) is 3.19. The lowest BCUT2D eigenvalue weighted by Crippen LogP contribution is -2.41. The molecule has 1 aliphatic rings. The van der Waals surface area contributed by atoms with Crippen molar-refractivity contribution in [3.05, 3.63) is 17.5 Å². The number of carbonyl (C=O) groups excluding carboxylic acids is 1. The summed E-state index contributed by atoms with van der Waals surface area (Å²) in [6, 6.07) is 0.116. The lowest BCUT2D eigenvalue weighted by Gasteiger charge is -2.24. The molecule has 5 nitrogen and oxygen atoms in total. The first kappa shape index (κ1) is 17.8. The first-order chi connectivity index (χ1) is 10.6. The Morgan fingerprint density at radius 3 is 2.52 bits per heavy atom. The van der Waals surface area contributed by atoms with Crippen LogP contribution in [0.1, 0.15) is 55.7 Å². The molecule has 0 bridgehead atoms. The van der Waals surface area contributed by atoms with Crippen molar-refractivity contribution in [3.8, 4) is 0 Å². The van der Waals surface area contributed by atoms with Gasteiger partial charge in [-0.2, -0.15) is 18.3 Å². The molecule has 1 amide bonds. The topological polar surface area (TPSA) is 50.2 Å². The summed E-state index contributed by atoms with van der Waals surface area (Å²) in [7, 11) is 1.96. The van der Waals surface area contributed by atoms with Crippen molar-refractivity contribution in [3.63, 3.8) is 0 Å². The zero-order valence-corrected chi connectivity index (χ0v) is 13.8. The maximum Gasteiger partial charge on any atom is 0.433 e. The van der Waals surface area contributed by atoms with E-state index in [9.17, 15) is 18.0 Å². The minimum absolute atomic E-state index is 0.0703. The van der Waals surface area contributed by atoms with Crippen molar-refractivity contribution in [2.24, 2.45) is 0 Å². The highest BCUT2D eigenvalue weighted by atomic mass is 19.4. The van der Waals surface area contributed by atoms with E-state index in [1.165, 1.54) is 0 Å². The van der Waals surface area contributed by atoms with Gasteiger partial charge in [-0.3, -0.25) is 14.4 Å². The molecule has 1 heterocycles. The van der Waals surface area contributed by atoms with Gasteiger partial charge in [0, 0.05) is 24.7 Å². The lowest BCUT2D eigenvalue weighted by atomic mass is 10.2. The number of amides is 1. The predicted octanol–water partition coefficient (Wildman–Crippen LogP) is 2.70. The molecule has 8 heteroatoms. The van der Waals surface area contributed by atoms with Crippen LogP contribution in [-0.2, 0) is 6.18 Å². The Hall–Kier alpha value is -1.57. The molecular weight excluding hydrogens is 309 g/mol. The summed E-state index contributed by atoms with van der Waals surface area (Å²) in [6.07, 6.45) is -1.36. The summed E-state index contributed by atoms with van der Waals surface area (Å²) in [4.78, 5) is 14.3. The number of hydrogen-bond donors (Lipinski definition) is 1. The van der Waals surface area contributed by atoms with Gasteiger partial charge in [-0.1, -0.05) is 0 Å². The molecule has 1 fully saturated rings. The van der Waals surface area contributed by atoms with Crippen LogP contribution >= 0.6 is 0 Å². The maximum absolute atomic E-state index is 13.3. The number of aromatic nitrogens is 2. The Bertz CT molecular complexity index is 564. The van der Waals surface area contributed by atoms with Crippen LogP contribution in [-0.4, -0.2) is 46.3 Å². The van der Waals surface area contributed by atoms with Crippen LogP contribution in [0, 0.1) is 0 Å². The fourth-order valence-corrected chi connectivity index (χ4v) is 2.52. The Balaban J connectivity index is 2.10. The molecule has 1 aromatic heterocycles. The molecule has 1 N–H and O–H groups in total. The molecule has 1 atom stereocenters. The van der Waals surface area contributed by atoms with E-state index in [4.69, 9.17) is 0 Å². The van der Waals surface area contributed by atoms with E-state index in [-0.39, 0.29) is 6.04 Å². The molecule has 0 aromatic carbocycles. The van der Waals surface area contributed by atoms with Crippen molar-refractivity contribution in [2.45, 2.75) is 57.9 Å². The van der Waals surface area contributed by atoms with Gasteiger partial charge in [-0.05, 0) is 40.7 Å². The minimum Gasteiger partial charge on any atom is -0.350 e. The zero-order valence-electron chi connectivity index (χ0n) is 13.8. The van der Waals surface area contributed by atoms with Crippen LogP contribution in [0.25, 0.3) is 0 Å². The Morgan fingerprint density at radius 2 is 2.04 bits per heavy atom. The normalized spacial score (nSPS) is 16.9. The van der Waals surface area contributed by atoms with Crippen molar-refractivity contribution >= 4 is 5.91 Å². The molecule has 1 saturated carbocycles. The number of nitrogens with zero attached hydrogens (tertiary/aromatic N) is 3. The molecule has 130 valence electrons. The Morgan fingerprint density at radius 1 is 1.43 bits per heavy atom. The smallest absolute Gasteiger partial charge is 0.350 e. The first-order valence-corrected chi connectivity index (χ1v) is 7.77. The van der Waals surface area contributed by atoms with Crippen LogP contribution in [0.15, 0.2) is 6.20 Å². The van der Waals surface area contributed by atoms with Gasteiger partial charge in [0.15, 0.2) is 5.69 Å². The molecule has 1 aromatic rings. The van der Waals surface area contributed by atoms with Crippen molar-refractivity contribution < 1.29 is 18.0 Å². The molecule has 23 heavy (non-hydrogen) atoms. The second-order valence-corrected chi connectivity index (χ2v) is 6.40. The van der Waals surface area contributed by atoms with E-state index in [0.29, 0.717) is 12.6 Å². The highest BCUT2D eigenvalue weighted by Crippen LogP contribution is 2.33. The highest BCUT2D eigenvalue weighted by molar-refractivity contribution is 5.95. The van der Waals surface area contributed by atoms with Crippen LogP contribution in [0.5, 0.6) is 0 Å². The summed E-state index contributed by atoms with van der Waals surface area (Å²) >= 11 is 0. The number of likely N-dealkylation sites (N-methyl/N-ethyl adjacent to an activating group) is 1. The van der Waals surface area contributed by atoms with Gasteiger partial charge in [0.05, 0.1) is 11.8 Å². The van der Waals surface area contributed by atoms with E-state index >= 15 is 0 Å². The van der Waals surface area contributed by atoms with E-state index < -0.39 is 29.4 Å². The fourth-order valence-electron chi connectivity index (χ4n) is 2.52. The van der Waals surface area contributed by atoms with Gasteiger partial charge < -0.3 is 5.32 Å². The second kappa shape index (κ2) is 6.51. The number of halogens is 3. The molecular formula is C15H23F3N4O. The average molecular weight is 332 g/mol. The van der Waals surface area contributed by atoms with Crippen molar-refractivity contribution in [2.75, 3.05) is 13.6 Å². The second-order valence-electron chi connectivity index (χ2n) is 6.40. The van der Waals surface area contributed by atoms with E-state index in [1.807, 2.05) is 14.0 Å². The summed E-state index contributed by atoms with van der Waals surface area (Å²) in [6.45, 7) is 5.43. The Labute approximate surface area is 133 Å². The van der Waals surface area contributed by atoms with Crippen LogP contribution in [0.3, 0.4) is 0 Å². The van der Waals surface area contributed by atoms with E-state index in [1.54, 1.807) is 13.8 Å². The first-order valence-electron chi connectivity index (χ1n) is 7.77. The third kappa shape index (κ3) is 4.04. The predicted molar refractivity (Wildman–Crippen MR) is 80.2 cm³/mol. The number of nitrogens with one attached hydrogen (secondary N) is 1. The van der Waals surface area contributed by atoms with E-state index in [0.717, 1.165) is 23.7 Å². The van der Waals surface area contributed by atoms with Gasteiger partial charge >= 0.3 is 6.18 Å². The highest BCUT2D eigenvalue weighted by Gasteiger charge is 2.40. The number of hydrogen-bond acceptors (Lipinski definition) is 3. The third-order valence-electron chi connectivity index (χ3n) is 4.17. The van der Waals surface area contributed by atoms with Crippen LogP contribution in [0.2, 0.25) is 0 Å².